The third kappa shape index (κ3) is 14.9. The molecule has 5 amide bonds. The summed E-state index contributed by atoms with van der Waals surface area (Å²) in [7, 11) is 2.87. The number of cyclic esters (lactones) is 2. The normalized spacial score (nSPS) is 28.8. The fourth-order valence-corrected chi connectivity index (χ4v) is 6.59. The number of amides is 5. The van der Waals surface area contributed by atoms with Crippen LogP contribution >= 0.6 is 0 Å². The van der Waals surface area contributed by atoms with Crippen molar-refractivity contribution in [2.24, 2.45) is 23.5 Å². The number of nitrogens with one attached hydrogen (secondary N) is 3. The molecule has 1 aromatic carbocycles. The second-order valence-corrected chi connectivity index (χ2v) is 16.3. The van der Waals surface area contributed by atoms with Crippen molar-refractivity contribution in [3.63, 3.8) is 0 Å². The number of likely N-dealkylation sites (N-methyl/N-ethyl adjacent to an activating group) is 2. The van der Waals surface area contributed by atoms with Crippen LogP contribution < -0.4 is 21.7 Å². The molecule has 0 saturated heterocycles. The molecule has 9 atom stereocenters. The highest BCUT2D eigenvalue weighted by Gasteiger charge is 2.36. The number of carbonyl (C=O) groups is 7. The molecule has 0 aromatic heterocycles. The Morgan fingerprint density at radius 2 is 1.51 bits per heavy atom. The van der Waals surface area contributed by atoms with Crippen LogP contribution in [0.5, 0.6) is 0 Å². The van der Waals surface area contributed by atoms with Crippen LogP contribution in [0.4, 0.5) is 0 Å². The van der Waals surface area contributed by atoms with Crippen molar-refractivity contribution >= 4 is 41.5 Å². The van der Waals surface area contributed by atoms with Gasteiger partial charge in [0, 0.05) is 38.0 Å². The Balaban J connectivity index is 2.62. The first kappa shape index (κ1) is 50.1. The monoisotopic (exact) mass is 825 g/mol. The van der Waals surface area contributed by atoms with Gasteiger partial charge < -0.3 is 41.0 Å². The first-order chi connectivity index (χ1) is 27.6. The molecule has 1 heterocycles. The predicted molar refractivity (Wildman–Crippen MR) is 225 cm³/mol. The van der Waals surface area contributed by atoms with Crippen molar-refractivity contribution in [3.8, 4) is 0 Å². The Morgan fingerprint density at radius 1 is 0.898 bits per heavy atom. The number of esters is 2. The molecule has 15 nitrogen and oxygen atoms in total. The second kappa shape index (κ2) is 23.5. The van der Waals surface area contributed by atoms with E-state index >= 15 is 0 Å². The summed E-state index contributed by atoms with van der Waals surface area (Å²) in [5, 5.41) is 8.10. The number of hydrogen-bond donors (Lipinski definition) is 4. The Morgan fingerprint density at radius 3 is 2.08 bits per heavy atom. The first-order valence-electron chi connectivity index (χ1n) is 20.5. The minimum absolute atomic E-state index is 0.0576. The lowest BCUT2D eigenvalue weighted by Gasteiger charge is -2.33. The van der Waals surface area contributed by atoms with Crippen molar-refractivity contribution < 1.29 is 43.0 Å². The molecule has 1 aromatic rings. The van der Waals surface area contributed by atoms with Gasteiger partial charge in [-0.3, -0.25) is 24.0 Å². The van der Waals surface area contributed by atoms with Crippen LogP contribution in [0.25, 0.3) is 0 Å². The molecule has 5 N–H and O–H groups in total. The maximum absolute atomic E-state index is 14.1. The number of nitrogens with zero attached hydrogens (tertiary/aromatic N) is 2. The third-order valence-electron chi connectivity index (χ3n) is 10.9. The smallest absolute Gasteiger partial charge is 0.334 e. The van der Waals surface area contributed by atoms with E-state index in [2.05, 4.69) is 16.0 Å². The van der Waals surface area contributed by atoms with Crippen molar-refractivity contribution in [1.82, 2.24) is 25.8 Å². The largest absolute Gasteiger partial charge is 0.456 e. The Labute approximate surface area is 350 Å². The van der Waals surface area contributed by atoms with Crippen LogP contribution in [0.3, 0.4) is 0 Å². The lowest BCUT2D eigenvalue weighted by atomic mass is 9.89. The molecule has 15 heteroatoms. The molecular formula is C44H68N6O9. The maximum Gasteiger partial charge on any atom is 0.334 e. The number of carbonyl (C=O) groups excluding carboxylic acids is 7. The summed E-state index contributed by atoms with van der Waals surface area (Å²) in [6.07, 6.45) is 2.38. The first-order valence-corrected chi connectivity index (χ1v) is 20.5. The highest BCUT2D eigenvalue weighted by Crippen LogP contribution is 2.23. The van der Waals surface area contributed by atoms with Gasteiger partial charge in [0.25, 0.3) is 5.91 Å². The number of allylic oxidation sites excluding steroid dienone is 1. The fraction of sp³-hybridized carbons (Fsp3) is 0.614. The third-order valence-corrected chi connectivity index (χ3v) is 10.9. The van der Waals surface area contributed by atoms with Gasteiger partial charge in [0.1, 0.15) is 30.3 Å². The molecule has 0 bridgehead atoms. The predicted octanol–water partition coefficient (Wildman–Crippen LogP) is 3.20. The summed E-state index contributed by atoms with van der Waals surface area (Å²) in [5.41, 5.74) is 8.28. The molecule has 0 aliphatic carbocycles. The molecule has 0 fully saturated rings. The molecule has 0 spiro atoms. The van der Waals surface area contributed by atoms with E-state index in [9.17, 15) is 33.6 Å². The summed E-state index contributed by atoms with van der Waals surface area (Å²) in [6, 6.07) is 4.06. The van der Waals surface area contributed by atoms with Crippen LogP contribution in [0.1, 0.15) is 94.1 Å². The van der Waals surface area contributed by atoms with Gasteiger partial charge >= 0.3 is 11.9 Å². The summed E-state index contributed by atoms with van der Waals surface area (Å²) in [5.74, 6) is -5.38. The van der Waals surface area contributed by atoms with E-state index in [4.69, 9.17) is 15.2 Å². The second-order valence-electron chi connectivity index (χ2n) is 16.3. The number of hydrogen-bond acceptors (Lipinski definition) is 10. The van der Waals surface area contributed by atoms with Crippen LogP contribution in [-0.2, 0) is 49.5 Å². The van der Waals surface area contributed by atoms with Gasteiger partial charge in [0.15, 0.2) is 6.10 Å². The molecule has 59 heavy (non-hydrogen) atoms. The van der Waals surface area contributed by atoms with Crippen LogP contribution in [0.15, 0.2) is 53.6 Å². The lowest BCUT2D eigenvalue weighted by Crippen LogP contribution is -2.57. The zero-order valence-electron chi connectivity index (χ0n) is 37.0. The lowest BCUT2D eigenvalue weighted by molar-refractivity contribution is -0.154. The molecule has 2 unspecified atom stereocenters. The van der Waals surface area contributed by atoms with Crippen molar-refractivity contribution in [1.29, 1.82) is 0 Å². The number of ether oxygens (including phenoxy) is 2. The minimum atomic E-state index is -1.23. The zero-order valence-corrected chi connectivity index (χ0v) is 37.0. The van der Waals surface area contributed by atoms with Crippen LogP contribution in [0.2, 0.25) is 0 Å². The molecule has 1 aliphatic heterocycles. The van der Waals surface area contributed by atoms with E-state index in [0.717, 1.165) is 11.1 Å². The summed E-state index contributed by atoms with van der Waals surface area (Å²) in [4.78, 5) is 98.2. The molecule has 0 radical (unpaired) electrons. The average molecular weight is 825 g/mol. The molecule has 1 aliphatic rings. The van der Waals surface area contributed by atoms with Gasteiger partial charge in [0.2, 0.25) is 23.6 Å². The van der Waals surface area contributed by atoms with E-state index in [1.807, 2.05) is 45.9 Å². The average Bonchev–Trinajstić information content (AvgIpc) is 3.20. The number of nitrogens with two attached hydrogens (primary N) is 1. The van der Waals surface area contributed by atoms with Gasteiger partial charge in [-0.2, -0.15) is 0 Å². The fourth-order valence-electron chi connectivity index (χ4n) is 6.59. The Hall–Kier alpha value is -5.05. The SMILES string of the molecule is C/C=C(\C)[C@H]1OC(=O)[C@@H](C)NC(=O)C(C(C)CC)NC(=O)CN(C)C(=O)[C@@H](Cc2ccccc2)N(C)C(=O)[C@H](C)NC(=O)[C@@H](CC(C)C)OC(=O)/C(C)=C/C[C@H](N)[C@@H]1C. The summed E-state index contributed by atoms with van der Waals surface area (Å²) in [6.45, 7) is 16.9. The van der Waals surface area contributed by atoms with E-state index in [-0.39, 0.29) is 36.7 Å². The van der Waals surface area contributed by atoms with Crippen molar-refractivity contribution in [2.75, 3.05) is 20.6 Å². The van der Waals surface area contributed by atoms with E-state index in [1.54, 1.807) is 52.0 Å². The highest BCUT2D eigenvalue weighted by atomic mass is 16.6. The summed E-state index contributed by atoms with van der Waals surface area (Å²) < 4.78 is 11.6. The number of rotatable bonds is 7. The standard InChI is InChI=1S/C44H68N6O9/c1-13-26(5)37-40(53)47-31(10)44(57)59-38(27(6)14-2)29(8)33(45)21-20-28(7)43(56)58-35(22-25(3)4)39(52)46-30(9)41(54)50(12)34(23-32-18-16-15-17-19-32)42(55)49(11)24-36(51)48-37/h14-20,25-26,29-31,33-35,37-38H,13,21-24,45H2,1-12H3,(H,46,52)(H,47,53)(H,48,51)/b27-14+,28-20+/t26?,29-,30-,31+,33-,34+,35+,37?,38+/m0/s1. The Bertz CT molecular complexity index is 1700. The topological polar surface area (TPSA) is 207 Å². The van der Waals surface area contributed by atoms with E-state index in [0.29, 0.717) is 6.42 Å². The summed E-state index contributed by atoms with van der Waals surface area (Å²) >= 11 is 0. The quantitative estimate of drug-likeness (QED) is 0.233. The van der Waals surface area contributed by atoms with Gasteiger partial charge in [-0.25, -0.2) is 9.59 Å². The van der Waals surface area contributed by atoms with Gasteiger partial charge in [-0.1, -0.05) is 83.5 Å². The van der Waals surface area contributed by atoms with Gasteiger partial charge in [0.05, 0.1) is 6.54 Å². The van der Waals surface area contributed by atoms with E-state index in [1.165, 1.54) is 37.7 Å². The van der Waals surface area contributed by atoms with Crippen molar-refractivity contribution in [2.45, 2.75) is 137 Å². The number of benzene rings is 1. The molecule has 2 rings (SSSR count). The highest BCUT2D eigenvalue weighted by molar-refractivity contribution is 5.96. The van der Waals surface area contributed by atoms with Crippen molar-refractivity contribution in [3.05, 3.63) is 59.2 Å². The van der Waals surface area contributed by atoms with Gasteiger partial charge in [-0.05, 0) is 70.4 Å². The van der Waals surface area contributed by atoms with E-state index < -0.39 is 96.4 Å². The molecule has 0 saturated carbocycles. The maximum atomic E-state index is 14.1. The van der Waals surface area contributed by atoms with Crippen LogP contribution in [0, 0.1) is 17.8 Å². The van der Waals surface area contributed by atoms with Crippen LogP contribution in [-0.4, -0.2) is 114 Å². The zero-order chi connectivity index (χ0) is 44.7. The minimum Gasteiger partial charge on any atom is -0.456 e. The molecule has 328 valence electrons. The van der Waals surface area contributed by atoms with Gasteiger partial charge in [-0.15, -0.1) is 0 Å². The molecular weight excluding hydrogens is 757 g/mol. The Kier molecular flexibility index (Phi) is 20.0.